The van der Waals surface area contributed by atoms with Crippen molar-refractivity contribution in [3.63, 3.8) is 0 Å². The zero-order valence-corrected chi connectivity index (χ0v) is 11.8. The van der Waals surface area contributed by atoms with E-state index in [1.54, 1.807) is 12.1 Å². The topological polar surface area (TPSA) is 54.7 Å². The number of furan rings is 1. The van der Waals surface area contributed by atoms with E-state index in [0.717, 1.165) is 11.4 Å². The molecule has 0 atom stereocenters. The highest BCUT2D eigenvalue weighted by Gasteiger charge is 2.10. The molecule has 2 rings (SSSR count). The number of hydrogen-bond donors (Lipinski definition) is 1. The van der Waals surface area contributed by atoms with Gasteiger partial charge in [-0.15, -0.1) is 0 Å². The number of carbonyl (C=O) groups is 1. The number of nitrogens with one attached hydrogen (secondary N) is 1. The number of methoxy groups -OCH3 is 1. The minimum Gasteiger partial charge on any atom is -0.463 e. The molecule has 0 amide bonds. The van der Waals surface area contributed by atoms with Crippen LogP contribution in [0.2, 0.25) is 0 Å². The number of anilines is 2. The van der Waals surface area contributed by atoms with Crippen LogP contribution in [0, 0.1) is 0 Å². The second-order valence-electron chi connectivity index (χ2n) is 4.55. The number of rotatable bonds is 5. The first-order valence-corrected chi connectivity index (χ1v) is 6.28. The maximum absolute atomic E-state index is 11.3. The lowest BCUT2D eigenvalue weighted by molar-refractivity contribution is 0.0563. The van der Waals surface area contributed by atoms with Gasteiger partial charge in [0.2, 0.25) is 5.76 Å². The van der Waals surface area contributed by atoms with Crippen LogP contribution < -0.4 is 10.2 Å². The zero-order valence-electron chi connectivity index (χ0n) is 11.8. The Labute approximate surface area is 118 Å². The molecule has 1 aromatic carbocycles. The fourth-order valence-electron chi connectivity index (χ4n) is 1.75. The van der Waals surface area contributed by atoms with E-state index in [1.165, 1.54) is 7.11 Å². The molecule has 0 saturated heterocycles. The molecule has 5 heteroatoms. The normalized spacial score (nSPS) is 10.2. The van der Waals surface area contributed by atoms with Gasteiger partial charge in [0.05, 0.1) is 13.7 Å². The highest BCUT2D eigenvalue weighted by molar-refractivity contribution is 5.86. The third kappa shape index (κ3) is 3.32. The molecule has 1 aromatic heterocycles. The Balaban J connectivity index is 1.94. The van der Waals surface area contributed by atoms with Crippen LogP contribution >= 0.6 is 0 Å². The molecule has 0 unspecified atom stereocenters. The predicted octanol–water partition coefficient (Wildman–Crippen LogP) is 2.74. The van der Waals surface area contributed by atoms with Gasteiger partial charge >= 0.3 is 5.97 Å². The average Bonchev–Trinajstić information content (AvgIpc) is 2.93. The van der Waals surface area contributed by atoms with Gasteiger partial charge in [-0.3, -0.25) is 0 Å². The van der Waals surface area contributed by atoms with E-state index in [1.807, 2.05) is 43.3 Å². The van der Waals surface area contributed by atoms with Gasteiger partial charge in [0, 0.05) is 25.5 Å². The third-order valence-corrected chi connectivity index (χ3v) is 2.90. The number of benzene rings is 1. The Morgan fingerprint density at radius 2 is 1.90 bits per heavy atom. The van der Waals surface area contributed by atoms with Gasteiger partial charge in [0.25, 0.3) is 0 Å². The molecule has 0 fully saturated rings. The van der Waals surface area contributed by atoms with Gasteiger partial charge in [-0.1, -0.05) is 0 Å². The van der Waals surface area contributed by atoms with Crippen LogP contribution in [0.5, 0.6) is 0 Å². The van der Waals surface area contributed by atoms with Crippen molar-refractivity contribution in [3.8, 4) is 0 Å². The number of ether oxygens (including phenoxy) is 1. The molecule has 20 heavy (non-hydrogen) atoms. The van der Waals surface area contributed by atoms with E-state index in [9.17, 15) is 4.79 Å². The summed E-state index contributed by atoms with van der Waals surface area (Å²) in [5.74, 6) is 0.431. The van der Waals surface area contributed by atoms with Crippen molar-refractivity contribution in [2.45, 2.75) is 6.54 Å². The van der Waals surface area contributed by atoms with E-state index in [2.05, 4.69) is 10.1 Å². The summed E-state index contributed by atoms with van der Waals surface area (Å²) in [6.07, 6.45) is 0. The van der Waals surface area contributed by atoms with Crippen molar-refractivity contribution in [2.75, 3.05) is 31.4 Å². The molecule has 2 aromatic rings. The maximum Gasteiger partial charge on any atom is 0.373 e. The SMILES string of the molecule is COC(=O)c1ccc(CNc2ccc(N(C)C)cc2)o1. The lowest BCUT2D eigenvalue weighted by atomic mass is 10.2. The van der Waals surface area contributed by atoms with Crippen molar-refractivity contribution in [2.24, 2.45) is 0 Å². The second-order valence-corrected chi connectivity index (χ2v) is 4.55. The number of nitrogens with zero attached hydrogens (tertiary/aromatic N) is 1. The van der Waals surface area contributed by atoms with Crippen LogP contribution in [0.1, 0.15) is 16.3 Å². The number of hydrogen-bond acceptors (Lipinski definition) is 5. The van der Waals surface area contributed by atoms with Crippen molar-refractivity contribution < 1.29 is 13.9 Å². The standard InChI is InChI=1S/C15H18N2O3/c1-17(2)12-6-4-11(5-7-12)16-10-13-8-9-14(20-13)15(18)19-3/h4-9,16H,10H2,1-3H3. The van der Waals surface area contributed by atoms with Crippen molar-refractivity contribution >= 4 is 17.3 Å². The summed E-state index contributed by atoms with van der Waals surface area (Å²) >= 11 is 0. The van der Waals surface area contributed by atoms with E-state index >= 15 is 0 Å². The fraction of sp³-hybridized carbons (Fsp3) is 0.267. The van der Waals surface area contributed by atoms with E-state index in [4.69, 9.17) is 4.42 Å². The first-order chi connectivity index (χ1) is 9.60. The van der Waals surface area contributed by atoms with E-state index < -0.39 is 5.97 Å². The Morgan fingerprint density at radius 3 is 2.50 bits per heavy atom. The molecule has 0 radical (unpaired) electrons. The Bertz CT molecular complexity index is 573. The fourth-order valence-corrected chi connectivity index (χ4v) is 1.75. The quantitative estimate of drug-likeness (QED) is 0.850. The largest absolute Gasteiger partial charge is 0.463 e. The predicted molar refractivity (Wildman–Crippen MR) is 78.1 cm³/mol. The number of esters is 1. The molecule has 0 saturated carbocycles. The number of carbonyl (C=O) groups excluding carboxylic acids is 1. The van der Waals surface area contributed by atoms with Crippen LogP contribution in [0.25, 0.3) is 0 Å². The molecule has 0 spiro atoms. The van der Waals surface area contributed by atoms with Crippen LogP contribution in [0.3, 0.4) is 0 Å². The molecular weight excluding hydrogens is 256 g/mol. The van der Waals surface area contributed by atoms with E-state index in [0.29, 0.717) is 12.3 Å². The lowest BCUT2D eigenvalue weighted by Crippen LogP contribution is -2.08. The summed E-state index contributed by atoms with van der Waals surface area (Å²) in [5.41, 5.74) is 2.13. The van der Waals surface area contributed by atoms with Gasteiger partial charge in [-0.2, -0.15) is 0 Å². The third-order valence-electron chi connectivity index (χ3n) is 2.90. The van der Waals surface area contributed by atoms with Crippen LogP contribution in [0.4, 0.5) is 11.4 Å². The highest BCUT2D eigenvalue weighted by Crippen LogP contribution is 2.17. The maximum atomic E-state index is 11.3. The molecule has 0 bridgehead atoms. The van der Waals surface area contributed by atoms with Crippen LogP contribution in [0.15, 0.2) is 40.8 Å². The molecule has 106 valence electrons. The summed E-state index contributed by atoms with van der Waals surface area (Å²) in [7, 11) is 5.33. The summed E-state index contributed by atoms with van der Waals surface area (Å²) in [6.45, 7) is 0.512. The monoisotopic (exact) mass is 274 g/mol. The average molecular weight is 274 g/mol. The van der Waals surface area contributed by atoms with Gasteiger partial charge in [-0.05, 0) is 36.4 Å². The molecule has 0 aliphatic rings. The Morgan fingerprint density at radius 1 is 1.20 bits per heavy atom. The summed E-state index contributed by atoms with van der Waals surface area (Å²) in [5, 5.41) is 3.23. The molecule has 1 heterocycles. The van der Waals surface area contributed by atoms with Crippen molar-refractivity contribution in [1.82, 2.24) is 0 Å². The van der Waals surface area contributed by atoms with Crippen LogP contribution in [-0.4, -0.2) is 27.2 Å². The second kappa shape index (κ2) is 6.14. The lowest BCUT2D eigenvalue weighted by Gasteiger charge is -2.13. The summed E-state index contributed by atoms with van der Waals surface area (Å²) in [6, 6.07) is 11.4. The highest BCUT2D eigenvalue weighted by atomic mass is 16.5. The minimum atomic E-state index is -0.466. The minimum absolute atomic E-state index is 0.215. The van der Waals surface area contributed by atoms with Gasteiger partial charge < -0.3 is 19.4 Å². The van der Waals surface area contributed by atoms with Crippen LogP contribution in [-0.2, 0) is 11.3 Å². The van der Waals surface area contributed by atoms with Crippen molar-refractivity contribution in [1.29, 1.82) is 0 Å². The van der Waals surface area contributed by atoms with E-state index in [-0.39, 0.29) is 5.76 Å². The smallest absolute Gasteiger partial charge is 0.373 e. The first kappa shape index (κ1) is 14.0. The first-order valence-electron chi connectivity index (χ1n) is 6.28. The van der Waals surface area contributed by atoms with Gasteiger partial charge in [0.15, 0.2) is 0 Å². The molecule has 0 aliphatic carbocycles. The molecule has 0 aliphatic heterocycles. The zero-order chi connectivity index (χ0) is 14.5. The van der Waals surface area contributed by atoms with Gasteiger partial charge in [-0.25, -0.2) is 4.79 Å². The summed E-state index contributed by atoms with van der Waals surface area (Å²) in [4.78, 5) is 13.3. The molecule has 1 N–H and O–H groups in total. The molecule has 5 nitrogen and oxygen atoms in total. The Kier molecular flexibility index (Phi) is 4.30. The van der Waals surface area contributed by atoms with Crippen molar-refractivity contribution in [3.05, 3.63) is 47.9 Å². The summed E-state index contributed by atoms with van der Waals surface area (Å²) < 4.78 is 9.96. The van der Waals surface area contributed by atoms with Gasteiger partial charge in [0.1, 0.15) is 5.76 Å². The molecular formula is C15H18N2O3. The Hall–Kier alpha value is -2.43.